The van der Waals surface area contributed by atoms with E-state index in [0.29, 0.717) is 24.2 Å². The maximum absolute atomic E-state index is 12.4. The number of para-hydroxylation sites is 1. The van der Waals surface area contributed by atoms with E-state index in [1.807, 2.05) is 11.7 Å². The van der Waals surface area contributed by atoms with Gasteiger partial charge >= 0.3 is 0 Å². The molecule has 2 aromatic rings. The number of aromatic nitrogens is 2. The summed E-state index contributed by atoms with van der Waals surface area (Å²) in [6.45, 7) is 2.35. The molecule has 3 fully saturated rings. The average Bonchev–Trinajstić information content (AvgIpc) is 2.97. The second-order valence-corrected chi connectivity index (χ2v) is 8.63. The topological polar surface area (TPSA) is 76.0 Å². The van der Waals surface area contributed by atoms with Crippen molar-refractivity contribution in [2.45, 2.75) is 50.4 Å². The minimum Gasteiger partial charge on any atom is -0.316 e. The summed E-state index contributed by atoms with van der Waals surface area (Å²) in [6.07, 6.45) is 5.95. The van der Waals surface area contributed by atoms with E-state index in [9.17, 15) is 9.59 Å². The first-order valence-electron chi connectivity index (χ1n) is 10.1. The predicted octanol–water partition coefficient (Wildman–Crippen LogP) is 2.34. The van der Waals surface area contributed by atoms with Gasteiger partial charge in [0.15, 0.2) is 0 Å². The number of hydrogen-bond acceptors (Lipinski definition) is 4. The molecule has 1 aromatic heterocycles. The first-order chi connectivity index (χ1) is 13.1. The maximum atomic E-state index is 12.4. The first-order valence-corrected chi connectivity index (χ1v) is 10.1. The van der Waals surface area contributed by atoms with Crippen molar-refractivity contribution in [1.29, 1.82) is 0 Å². The average molecular weight is 366 g/mol. The molecular formula is C21H26N4O2. The van der Waals surface area contributed by atoms with Crippen LogP contribution in [0.5, 0.6) is 0 Å². The molecule has 6 heteroatoms. The van der Waals surface area contributed by atoms with Crippen molar-refractivity contribution in [2.75, 3.05) is 13.1 Å². The molecule has 1 spiro atoms. The molecular weight excluding hydrogens is 340 g/mol. The summed E-state index contributed by atoms with van der Waals surface area (Å²) in [6, 6.07) is 6.41. The quantitative estimate of drug-likeness (QED) is 0.800. The Kier molecular flexibility index (Phi) is 3.86. The van der Waals surface area contributed by atoms with Crippen LogP contribution in [-0.4, -0.2) is 34.7 Å². The Hall–Kier alpha value is -2.21. The van der Waals surface area contributed by atoms with E-state index in [4.69, 9.17) is 5.10 Å². The molecule has 1 saturated carbocycles. The number of carbonyl (C=O) groups is 2. The first kappa shape index (κ1) is 16.9. The molecule has 2 aliphatic heterocycles. The van der Waals surface area contributed by atoms with Crippen LogP contribution in [-0.2, 0) is 16.6 Å². The SMILES string of the molecule is Cn1nc(C2CCC(=O)NC2=O)c2cccc(C3CCC4(CC3)CNC4)c21. The predicted molar refractivity (Wildman–Crippen MR) is 102 cm³/mol. The molecule has 1 atom stereocenters. The van der Waals surface area contributed by atoms with Crippen molar-refractivity contribution in [3.63, 3.8) is 0 Å². The molecule has 2 amide bonds. The minimum atomic E-state index is -0.336. The fourth-order valence-electron chi connectivity index (χ4n) is 5.31. The van der Waals surface area contributed by atoms with E-state index in [0.717, 1.165) is 16.6 Å². The van der Waals surface area contributed by atoms with Crippen LogP contribution in [0.15, 0.2) is 18.2 Å². The van der Waals surface area contributed by atoms with E-state index >= 15 is 0 Å². The lowest BCUT2D eigenvalue weighted by atomic mass is 9.65. The van der Waals surface area contributed by atoms with Gasteiger partial charge in [-0.2, -0.15) is 5.10 Å². The number of nitrogens with zero attached hydrogens (tertiary/aromatic N) is 2. The van der Waals surface area contributed by atoms with Gasteiger partial charge in [0.05, 0.1) is 17.1 Å². The Morgan fingerprint density at radius 3 is 2.59 bits per heavy atom. The van der Waals surface area contributed by atoms with Crippen LogP contribution in [0.4, 0.5) is 0 Å². The fraction of sp³-hybridized carbons (Fsp3) is 0.571. The molecule has 1 unspecified atom stereocenters. The standard InChI is InChI=1S/C21H26N4O2/c1-25-19-14(13-7-9-21(10-8-13)11-22-12-21)3-2-4-15(19)18(24-25)16-5-6-17(26)23-20(16)27/h2-4,13,16,22H,5-12H2,1H3,(H,23,26,27). The summed E-state index contributed by atoms with van der Waals surface area (Å²) < 4.78 is 1.94. The van der Waals surface area contributed by atoms with E-state index < -0.39 is 0 Å². The number of rotatable bonds is 2. The van der Waals surface area contributed by atoms with Gasteiger partial charge in [0.1, 0.15) is 0 Å². The fourth-order valence-corrected chi connectivity index (χ4v) is 5.31. The van der Waals surface area contributed by atoms with Crippen LogP contribution < -0.4 is 10.6 Å². The number of hydrogen-bond donors (Lipinski definition) is 2. The summed E-state index contributed by atoms with van der Waals surface area (Å²) in [5, 5.41) is 11.7. The summed E-state index contributed by atoms with van der Waals surface area (Å²) in [7, 11) is 1.97. The molecule has 0 bridgehead atoms. The summed E-state index contributed by atoms with van der Waals surface area (Å²) in [5.41, 5.74) is 3.89. The van der Waals surface area contributed by atoms with Crippen LogP contribution in [0.25, 0.3) is 10.9 Å². The lowest BCUT2D eigenvalue weighted by molar-refractivity contribution is -0.134. The number of carbonyl (C=O) groups excluding carboxylic acids is 2. The highest BCUT2D eigenvalue weighted by Crippen LogP contribution is 2.46. The van der Waals surface area contributed by atoms with E-state index in [1.165, 1.54) is 44.3 Å². The van der Waals surface area contributed by atoms with Crippen molar-refractivity contribution in [2.24, 2.45) is 12.5 Å². The van der Waals surface area contributed by atoms with Gasteiger partial charge in [-0.05, 0) is 49.0 Å². The van der Waals surface area contributed by atoms with Crippen molar-refractivity contribution in [3.05, 3.63) is 29.5 Å². The lowest BCUT2D eigenvalue weighted by Gasteiger charge is -2.47. The second-order valence-electron chi connectivity index (χ2n) is 8.63. The van der Waals surface area contributed by atoms with Crippen LogP contribution in [0.1, 0.15) is 61.6 Å². The molecule has 6 nitrogen and oxygen atoms in total. The normalized spacial score (nSPS) is 25.6. The molecule has 1 aliphatic carbocycles. The molecule has 142 valence electrons. The van der Waals surface area contributed by atoms with Gasteiger partial charge in [-0.1, -0.05) is 18.2 Å². The number of aryl methyl sites for hydroxylation is 1. The number of piperidine rings is 1. The Labute approximate surface area is 158 Å². The number of imide groups is 1. The van der Waals surface area contributed by atoms with Gasteiger partial charge < -0.3 is 5.32 Å². The van der Waals surface area contributed by atoms with Gasteiger partial charge in [-0.15, -0.1) is 0 Å². The smallest absolute Gasteiger partial charge is 0.235 e. The molecule has 2 N–H and O–H groups in total. The van der Waals surface area contributed by atoms with Crippen LogP contribution in [0, 0.1) is 5.41 Å². The van der Waals surface area contributed by atoms with Gasteiger partial charge in [0.25, 0.3) is 0 Å². The zero-order chi connectivity index (χ0) is 18.6. The Balaban J connectivity index is 1.49. The molecule has 5 rings (SSSR count). The Morgan fingerprint density at radius 2 is 1.93 bits per heavy atom. The zero-order valence-electron chi connectivity index (χ0n) is 15.8. The molecule has 27 heavy (non-hydrogen) atoms. The third-order valence-electron chi connectivity index (χ3n) is 6.98. The Morgan fingerprint density at radius 1 is 1.15 bits per heavy atom. The monoisotopic (exact) mass is 366 g/mol. The highest BCUT2D eigenvalue weighted by molar-refractivity contribution is 6.02. The van der Waals surface area contributed by atoms with E-state index in [-0.39, 0.29) is 17.7 Å². The molecule has 3 aliphatic rings. The number of nitrogens with one attached hydrogen (secondary N) is 2. The second kappa shape index (κ2) is 6.16. The van der Waals surface area contributed by atoms with E-state index in [1.54, 1.807) is 0 Å². The van der Waals surface area contributed by atoms with Crippen LogP contribution >= 0.6 is 0 Å². The van der Waals surface area contributed by atoms with Gasteiger partial charge in [0.2, 0.25) is 11.8 Å². The molecule has 3 heterocycles. The van der Waals surface area contributed by atoms with Gasteiger partial charge in [0, 0.05) is 31.9 Å². The summed E-state index contributed by atoms with van der Waals surface area (Å²) in [4.78, 5) is 23.9. The van der Waals surface area contributed by atoms with E-state index in [2.05, 4.69) is 28.8 Å². The highest BCUT2D eigenvalue weighted by atomic mass is 16.2. The summed E-state index contributed by atoms with van der Waals surface area (Å²) in [5.74, 6) is -0.171. The summed E-state index contributed by atoms with van der Waals surface area (Å²) >= 11 is 0. The van der Waals surface area contributed by atoms with Crippen LogP contribution in [0.3, 0.4) is 0 Å². The zero-order valence-corrected chi connectivity index (χ0v) is 15.8. The number of fused-ring (bicyclic) bond motifs is 1. The maximum Gasteiger partial charge on any atom is 0.235 e. The third kappa shape index (κ3) is 2.69. The van der Waals surface area contributed by atoms with Gasteiger partial charge in [-0.3, -0.25) is 19.6 Å². The largest absolute Gasteiger partial charge is 0.316 e. The minimum absolute atomic E-state index is 0.182. The van der Waals surface area contributed by atoms with Crippen LogP contribution in [0.2, 0.25) is 0 Å². The van der Waals surface area contributed by atoms with Gasteiger partial charge in [-0.25, -0.2) is 0 Å². The van der Waals surface area contributed by atoms with Crippen molar-refractivity contribution in [1.82, 2.24) is 20.4 Å². The Bertz CT molecular complexity index is 918. The number of benzene rings is 1. The van der Waals surface area contributed by atoms with Crippen molar-refractivity contribution in [3.8, 4) is 0 Å². The third-order valence-corrected chi connectivity index (χ3v) is 6.98. The molecule has 1 aromatic carbocycles. The molecule has 2 saturated heterocycles. The molecule has 0 radical (unpaired) electrons. The van der Waals surface area contributed by atoms with Crippen molar-refractivity contribution < 1.29 is 9.59 Å². The lowest BCUT2D eigenvalue weighted by Crippen LogP contribution is -2.54. The number of amides is 2. The van der Waals surface area contributed by atoms with Crippen molar-refractivity contribution >= 4 is 22.7 Å². The highest BCUT2D eigenvalue weighted by Gasteiger charge is 2.41.